The first-order valence-corrected chi connectivity index (χ1v) is 8.56. The van der Waals surface area contributed by atoms with E-state index in [2.05, 4.69) is 15.6 Å². The summed E-state index contributed by atoms with van der Waals surface area (Å²) >= 11 is 0. The van der Waals surface area contributed by atoms with Gasteiger partial charge in [0.05, 0.1) is 31.7 Å². The number of rotatable bonds is 7. The smallest absolute Gasteiger partial charge is 0.253 e. The van der Waals surface area contributed by atoms with Crippen LogP contribution in [0.3, 0.4) is 0 Å². The van der Waals surface area contributed by atoms with Crippen molar-refractivity contribution in [1.29, 1.82) is 0 Å². The van der Waals surface area contributed by atoms with Crippen molar-refractivity contribution < 1.29 is 18.7 Å². The van der Waals surface area contributed by atoms with E-state index in [-0.39, 0.29) is 18.3 Å². The van der Waals surface area contributed by atoms with Crippen molar-refractivity contribution in [2.45, 2.75) is 6.54 Å². The molecule has 2 aromatic carbocycles. The lowest BCUT2D eigenvalue weighted by molar-refractivity contribution is 0.0950. The van der Waals surface area contributed by atoms with Crippen LogP contribution in [-0.2, 0) is 6.54 Å². The number of halogens is 1. The van der Waals surface area contributed by atoms with Gasteiger partial charge >= 0.3 is 0 Å². The van der Waals surface area contributed by atoms with Crippen LogP contribution in [0, 0.1) is 5.82 Å². The SMILES string of the molecule is COc1ccc(Nc2cncc(C(=O)NCc3ccccc3F)c2)cc1OC. The largest absolute Gasteiger partial charge is 0.493 e. The van der Waals surface area contributed by atoms with Crippen LogP contribution in [0.5, 0.6) is 11.5 Å². The number of benzene rings is 2. The summed E-state index contributed by atoms with van der Waals surface area (Å²) < 4.78 is 24.2. The zero-order chi connectivity index (χ0) is 19.9. The molecular weight excluding hydrogens is 361 g/mol. The minimum Gasteiger partial charge on any atom is -0.493 e. The summed E-state index contributed by atoms with van der Waals surface area (Å²) in [6.07, 6.45) is 3.06. The molecule has 0 saturated carbocycles. The van der Waals surface area contributed by atoms with Crippen molar-refractivity contribution in [1.82, 2.24) is 10.3 Å². The zero-order valence-electron chi connectivity index (χ0n) is 15.5. The molecule has 0 spiro atoms. The number of nitrogens with one attached hydrogen (secondary N) is 2. The lowest BCUT2D eigenvalue weighted by atomic mass is 10.2. The third-order valence-electron chi connectivity index (χ3n) is 4.07. The number of anilines is 2. The fourth-order valence-electron chi connectivity index (χ4n) is 2.63. The lowest BCUT2D eigenvalue weighted by Gasteiger charge is -2.12. The Balaban J connectivity index is 1.70. The Morgan fingerprint density at radius 3 is 2.54 bits per heavy atom. The normalized spacial score (nSPS) is 10.2. The monoisotopic (exact) mass is 381 g/mol. The van der Waals surface area contributed by atoms with Gasteiger partial charge < -0.3 is 20.1 Å². The van der Waals surface area contributed by atoms with E-state index < -0.39 is 0 Å². The molecule has 0 aliphatic carbocycles. The molecule has 6 nitrogen and oxygen atoms in total. The number of methoxy groups -OCH3 is 2. The minimum absolute atomic E-state index is 0.0961. The van der Waals surface area contributed by atoms with Gasteiger partial charge in [0.15, 0.2) is 11.5 Å². The van der Waals surface area contributed by atoms with E-state index in [1.807, 2.05) is 6.07 Å². The summed E-state index contributed by atoms with van der Waals surface area (Å²) in [5.41, 5.74) is 2.17. The Hall–Kier alpha value is -3.61. The molecule has 0 aliphatic rings. The number of carbonyl (C=O) groups excluding carboxylic acids is 1. The number of nitrogens with zero attached hydrogens (tertiary/aromatic N) is 1. The van der Waals surface area contributed by atoms with E-state index in [1.165, 1.54) is 12.3 Å². The second-order valence-corrected chi connectivity index (χ2v) is 5.93. The molecule has 3 rings (SSSR count). The number of hydrogen-bond donors (Lipinski definition) is 2. The summed E-state index contributed by atoms with van der Waals surface area (Å²) in [7, 11) is 3.13. The van der Waals surface area contributed by atoms with Gasteiger partial charge in [0.2, 0.25) is 0 Å². The standard InChI is InChI=1S/C21H20FN3O3/c1-27-19-8-7-16(10-20(19)28-2)25-17-9-15(11-23-13-17)21(26)24-12-14-5-3-4-6-18(14)22/h3-11,13,25H,12H2,1-2H3,(H,24,26). The molecule has 0 aliphatic heterocycles. The zero-order valence-corrected chi connectivity index (χ0v) is 15.5. The highest BCUT2D eigenvalue weighted by atomic mass is 19.1. The van der Waals surface area contributed by atoms with Crippen LogP contribution >= 0.6 is 0 Å². The third kappa shape index (κ3) is 4.56. The van der Waals surface area contributed by atoms with E-state index in [0.717, 1.165) is 5.69 Å². The van der Waals surface area contributed by atoms with Gasteiger partial charge in [-0.1, -0.05) is 18.2 Å². The van der Waals surface area contributed by atoms with Gasteiger partial charge in [-0.05, 0) is 24.3 Å². The first kappa shape index (κ1) is 19.2. The maximum Gasteiger partial charge on any atom is 0.253 e. The molecule has 3 aromatic rings. The molecule has 0 atom stereocenters. The second kappa shape index (κ2) is 8.85. The Bertz CT molecular complexity index is 979. The highest BCUT2D eigenvalue weighted by molar-refractivity contribution is 5.94. The molecule has 0 fully saturated rings. The average molecular weight is 381 g/mol. The quantitative estimate of drug-likeness (QED) is 0.649. The lowest BCUT2D eigenvalue weighted by Crippen LogP contribution is -2.23. The maximum absolute atomic E-state index is 13.7. The van der Waals surface area contributed by atoms with Crippen molar-refractivity contribution in [3.05, 3.63) is 77.9 Å². The van der Waals surface area contributed by atoms with E-state index in [9.17, 15) is 9.18 Å². The number of hydrogen-bond acceptors (Lipinski definition) is 5. The first-order valence-electron chi connectivity index (χ1n) is 8.56. The predicted molar refractivity (Wildman–Crippen MR) is 105 cm³/mol. The van der Waals surface area contributed by atoms with Crippen LogP contribution < -0.4 is 20.1 Å². The number of pyridine rings is 1. The summed E-state index contributed by atoms with van der Waals surface area (Å²) in [5.74, 6) is 0.503. The molecule has 144 valence electrons. The molecule has 0 bridgehead atoms. The molecule has 1 heterocycles. The molecule has 0 unspecified atom stereocenters. The molecule has 28 heavy (non-hydrogen) atoms. The van der Waals surface area contributed by atoms with Crippen LogP contribution in [0.1, 0.15) is 15.9 Å². The van der Waals surface area contributed by atoms with Gasteiger partial charge in [-0.25, -0.2) is 4.39 Å². The number of aromatic nitrogens is 1. The molecule has 1 aromatic heterocycles. The van der Waals surface area contributed by atoms with E-state index in [4.69, 9.17) is 9.47 Å². The molecule has 1 amide bonds. The number of amides is 1. The summed E-state index contributed by atoms with van der Waals surface area (Å²) in [6, 6.07) is 13.4. The van der Waals surface area contributed by atoms with Crippen LogP contribution in [0.15, 0.2) is 60.9 Å². The fraction of sp³-hybridized carbons (Fsp3) is 0.143. The predicted octanol–water partition coefficient (Wildman–Crippen LogP) is 3.91. The van der Waals surface area contributed by atoms with E-state index in [0.29, 0.717) is 28.3 Å². The summed E-state index contributed by atoms with van der Waals surface area (Å²) in [4.78, 5) is 16.5. The van der Waals surface area contributed by atoms with Crippen LogP contribution in [0.2, 0.25) is 0 Å². The Morgan fingerprint density at radius 1 is 1.00 bits per heavy atom. The van der Waals surface area contributed by atoms with Crippen molar-refractivity contribution in [3.63, 3.8) is 0 Å². The molecule has 0 radical (unpaired) electrons. The highest BCUT2D eigenvalue weighted by Crippen LogP contribution is 2.31. The maximum atomic E-state index is 13.7. The van der Waals surface area contributed by atoms with Gasteiger partial charge in [-0.3, -0.25) is 9.78 Å². The Morgan fingerprint density at radius 2 is 1.79 bits per heavy atom. The number of carbonyl (C=O) groups is 1. The fourth-order valence-corrected chi connectivity index (χ4v) is 2.63. The Labute approximate surface area is 162 Å². The minimum atomic E-state index is -0.357. The highest BCUT2D eigenvalue weighted by Gasteiger charge is 2.10. The van der Waals surface area contributed by atoms with Crippen LogP contribution in [-0.4, -0.2) is 25.1 Å². The van der Waals surface area contributed by atoms with Gasteiger partial charge in [0.25, 0.3) is 5.91 Å². The van der Waals surface area contributed by atoms with Crippen molar-refractivity contribution in [3.8, 4) is 11.5 Å². The molecular formula is C21H20FN3O3. The van der Waals surface area contributed by atoms with Crippen molar-refractivity contribution in [2.75, 3.05) is 19.5 Å². The molecule has 7 heteroatoms. The third-order valence-corrected chi connectivity index (χ3v) is 4.07. The Kier molecular flexibility index (Phi) is 6.06. The van der Waals surface area contributed by atoms with Gasteiger partial charge in [-0.2, -0.15) is 0 Å². The molecule has 2 N–H and O–H groups in total. The molecule has 0 saturated heterocycles. The topological polar surface area (TPSA) is 72.5 Å². The second-order valence-electron chi connectivity index (χ2n) is 5.93. The van der Waals surface area contributed by atoms with E-state index >= 15 is 0 Å². The summed E-state index contributed by atoms with van der Waals surface area (Å²) in [6.45, 7) is 0.0961. The average Bonchev–Trinajstić information content (AvgIpc) is 2.73. The first-order chi connectivity index (χ1) is 13.6. The van der Waals surface area contributed by atoms with E-state index in [1.54, 1.807) is 56.8 Å². The number of ether oxygens (including phenoxy) is 2. The van der Waals surface area contributed by atoms with Crippen molar-refractivity contribution >= 4 is 17.3 Å². The summed E-state index contributed by atoms with van der Waals surface area (Å²) in [5, 5.41) is 5.87. The van der Waals surface area contributed by atoms with Gasteiger partial charge in [0, 0.05) is 30.1 Å². The van der Waals surface area contributed by atoms with Crippen molar-refractivity contribution in [2.24, 2.45) is 0 Å². The van der Waals surface area contributed by atoms with Crippen LogP contribution in [0.4, 0.5) is 15.8 Å². The van der Waals surface area contributed by atoms with Gasteiger partial charge in [-0.15, -0.1) is 0 Å². The van der Waals surface area contributed by atoms with Crippen LogP contribution in [0.25, 0.3) is 0 Å². The van der Waals surface area contributed by atoms with Gasteiger partial charge in [0.1, 0.15) is 5.82 Å².